The molecule has 0 aliphatic rings. The van der Waals surface area contributed by atoms with Crippen LogP contribution in [0.2, 0.25) is 0 Å². The molecule has 3 aromatic rings. The van der Waals surface area contributed by atoms with Crippen LogP contribution in [0.25, 0.3) is 16.5 Å². The van der Waals surface area contributed by atoms with Crippen LogP contribution >= 0.6 is 24.8 Å². The first-order valence-electron chi connectivity index (χ1n) is 9.12. The standard InChI is InChI=1S/C20H26N6O.2ClH/c1-13(2)10-20(4,12-21)23-19(27)18-14(3)26(25-24-18)17-7-5-6-15-11-22-9-8-16(15)17;;/h5-9,11,13H,10,12,21H2,1-4H3,(H,23,27);2*1H. The van der Waals surface area contributed by atoms with Crippen molar-refractivity contribution < 1.29 is 4.79 Å². The Hall–Kier alpha value is -2.22. The van der Waals surface area contributed by atoms with E-state index in [-0.39, 0.29) is 30.7 Å². The molecule has 3 N–H and O–H groups in total. The lowest BCUT2D eigenvalue weighted by molar-refractivity contribution is 0.0892. The molecule has 1 atom stereocenters. The summed E-state index contributed by atoms with van der Waals surface area (Å²) in [7, 11) is 0. The van der Waals surface area contributed by atoms with Gasteiger partial charge < -0.3 is 11.1 Å². The highest BCUT2D eigenvalue weighted by Crippen LogP contribution is 2.23. The van der Waals surface area contributed by atoms with Crippen LogP contribution < -0.4 is 11.1 Å². The van der Waals surface area contributed by atoms with Gasteiger partial charge in [0.25, 0.3) is 5.91 Å². The summed E-state index contributed by atoms with van der Waals surface area (Å²) < 4.78 is 1.69. The summed E-state index contributed by atoms with van der Waals surface area (Å²) in [6, 6.07) is 7.81. The summed E-state index contributed by atoms with van der Waals surface area (Å²) >= 11 is 0. The van der Waals surface area contributed by atoms with Crippen molar-refractivity contribution in [3.8, 4) is 5.69 Å². The SMILES string of the molecule is Cc1c(C(=O)NC(C)(CN)CC(C)C)nnn1-c1cccc2cnccc12.Cl.Cl. The number of fused-ring (bicyclic) bond motifs is 1. The number of nitrogens with zero attached hydrogens (tertiary/aromatic N) is 4. The third-order valence-electron chi connectivity index (χ3n) is 4.72. The minimum atomic E-state index is -0.480. The summed E-state index contributed by atoms with van der Waals surface area (Å²) in [5.41, 5.74) is 7.29. The number of amides is 1. The molecule has 0 aliphatic carbocycles. The number of carbonyl (C=O) groups is 1. The predicted molar refractivity (Wildman–Crippen MR) is 120 cm³/mol. The van der Waals surface area contributed by atoms with Crippen molar-refractivity contribution in [2.45, 2.75) is 39.7 Å². The predicted octanol–water partition coefficient (Wildman–Crippen LogP) is 3.46. The summed E-state index contributed by atoms with van der Waals surface area (Å²) in [5, 5.41) is 13.4. The molecule has 29 heavy (non-hydrogen) atoms. The van der Waals surface area contributed by atoms with Crippen LogP contribution in [0.5, 0.6) is 0 Å². The van der Waals surface area contributed by atoms with Gasteiger partial charge in [-0.25, -0.2) is 4.68 Å². The molecular weight excluding hydrogens is 411 g/mol. The monoisotopic (exact) mass is 438 g/mol. The largest absolute Gasteiger partial charge is 0.344 e. The Morgan fingerprint density at radius 2 is 2.00 bits per heavy atom. The van der Waals surface area contributed by atoms with Gasteiger partial charge in [-0.3, -0.25) is 9.78 Å². The molecule has 2 heterocycles. The van der Waals surface area contributed by atoms with E-state index in [0.29, 0.717) is 23.9 Å². The molecule has 2 aromatic heterocycles. The highest BCUT2D eigenvalue weighted by atomic mass is 35.5. The molecular formula is C20H28Cl2N6O. The molecule has 0 saturated heterocycles. The van der Waals surface area contributed by atoms with Gasteiger partial charge in [0.2, 0.25) is 0 Å². The van der Waals surface area contributed by atoms with E-state index in [1.807, 2.05) is 38.1 Å². The maximum absolute atomic E-state index is 12.8. The highest BCUT2D eigenvalue weighted by molar-refractivity contribution is 5.94. The lowest BCUT2D eigenvalue weighted by Crippen LogP contribution is -2.52. The van der Waals surface area contributed by atoms with Gasteiger partial charge in [-0.2, -0.15) is 0 Å². The van der Waals surface area contributed by atoms with E-state index < -0.39 is 5.54 Å². The number of halogens is 2. The van der Waals surface area contributed by atoms with Crippen molar-refractivity contribution in [2.24, 2.45) is 11.7 Å². The molecule has 0 spiro atoms. The van der Waals surface area contributed by atoms with Crippen molar-refractivity contribution in [3.05, 3.63) is 48.0 Å². The molecule has 1 unspecified atom stereocenters. The van der Waals surface area contributed by atoms with Gasteiger partial charge in [0, 0.05) is 29.7 Å². The van der Waals surface area contributed by atoms with Crippen LogP contribution in [0.3, 0.4) is 0 Å². The first-order chi connectivity index (χ1) is 12.8. The number of hydrogen-bond donors (Lipinski definition) is 2. The van der Waals surface area contributed by atoms with E-state index >= 15 is 0 Å². The average molecular weight is 439 g/mol. The fourth-order valence-corrected chi connectivity index (χ4v) is 3.48. The van der Waals surface area contributed by atoms with Gasteiger partial charge in [-0.15, -0.1) is 29.9 Å². The topological polar surface area (TPSA) is 98.7 Å². The van der Waals surface area contributed by atoms with Crippen molar-refractivity contribution in [1.29, 1.82) is 0 Å². The maximum Gasteiger partial charge on any atom is 0.274 e. The Balaban J connectivity index is 0.00000210. The molecule has 0 fully saturated rings. The fourth-order valence-electron chi connectivity index (χ4n) is 3.48. The Morgan fingerprint density at radius 1 is 1.28 bits per heavy atom. The minimum Gasteiger partial charge on any atom is -0.344 e. The summed E-state index contributed by atoms with van der Waals surface area (Å²) in [4.78, 5) is 17.0. The number of carbonyl (C=O) groups excluding carboxylic acids is 1. The quantitative estimate of drug-likeness (QED) is 0.613. The number of aromatic nitrogens is 4. The van der Waals surface area contributed by atoms with Crippen LogP contribution in [0, 0.1) is 12.8 Å². The minimum absolute atomic E-state index is 0. The number of benzene rings is 1. The zero-order valence-corrected chi connectivity index (χ0v) is 18.7. The van der Waals surface area contributed by atoms with Gasteiger partial charge >= 0.3 is 0 Å². The molecule has 1 aromatic carbocycles. The Labute approximate surface area is 183 Å². The second-order valence-corrected chi connectivity index (χ2v) is 7.63. The molecule has 0 radical (unpaired) electrons. The molecule has 9 heteroatoms. The molecule has 0 bridgehead atoms. The molecule has 0 aliphatic heterocycles. The van der Waals surface area contributed by atoms with Crippen molar-refractivity contribution >= 4 is 41.5 Å². The summed E-state index contributed by atoms with van der Waals surface area (Å²) in [6.07, 6.45) is 4.33. The zero-order valence-electron chi connectivity index (χ0n) is 17.0. The molecule has 0 saturated carbocycles. The first kappa shape index (κ1) is 24.8. The molecule has 158 valence electrons. The maximum atomic E-state index is 12.8. The van der Waals surface area contributed by atoms with Gasteiger partial charge in [0.05, 0.1) is 16.9 Å². The van der Waals surface area contributed by atoms with Crippen LogP contribution in [-0.4, -0.2) is 38.0 Å². The van der Waals surface area contributed by atoms with E-state index in [1.165, 1.54) is 0 Å². The van der Waals surface area contributed by atoms with Crippen LogP contribution in [-0.2, 0) is 0 Å². The van der Waals surface area contributed by atoms with E-state index in [1.54, 1.807) is 17.1 Å². The third-order valence-corrected chi connectivity index (χ3v) is 4.72. The normalized spacial score (nSPS) is 12.8. The molecule has 3 rings (SSSR count). The Morgan fingerprint density at radius 3 is 2.66 bits per heavy atom. The average Bonchev–Trinajstić information content (AvgIpc) is 3.02. The number of pyridine rings is 1. The lowest BCUT2D eigenvalue weighted by atomic mass is 9.90. The van der Waals surface area contributed by atoms with Gasteiger partial charge in [-0.05, 0) is 38.3 Å². The fraction of sp³-hybridized carbons (Fsp3) is 0.400. The van der Waals surface area contributed by atoms with Crippen LogP contribution in [0.1, 0.15) is 43.4 Å². The number of rotatable bonds is 6. The van der Waals surface area contributed by atoms with Gasteiger partial charge in [-0.1, -0.05) is 31.2 Å². The molecule has 1 amide bonds. The summed E-state index contributed by atoms with van der Waals surface area (Å²) in [6.45, 7) is 8.38. The Kier molecular flexibility index (Phi) is 8.56. The summed E-state index contributed by atoms with van der Waals surface area (Å²) in [5.74, 6) is 0.161. The van der Waals surface area contributed by atoms with Crippen LogP contribution in [0.15, 0.2) is 36.7 Å². The Bertz CT molecular complexity index is 969. The van der Waals surface area contributed by atoms with Crippen LogP contribution in [0.4, 0.5) is 0 Å². The smallest absolute Gasteiger partial charge is 0.274 e. The third kappa shape index (κ3) is 5.23. The van der Waals surface area contributed by atoms with Crippen molar-refractivity contribution in [3.63, 3.8) is 0 Å². The second-order valence-electron chi connectivity index (χ2n) is 7.63. The van der Waals surface area contributed by atoms with E-state index in [2.05, 4.69) is 34.5 Å². The molecule has 7 nitrogen and oxygen atoms in total. The van der Waals surface area contributed by atoms with Gasteiger partial charge in [0.1, 0.15) is 0 Å². The highest BCUT2D eigenvalue weighted by Gasteiger charge is 2.28. The zero-order chi connectivity index (χ0) is 19.6. The first-order valence-corrected chi connectivity index (χ1v) is 9.12. The van der Waals surface area contributed by atoms with E-state index in [9.17, 15) is 4.79 Å². The van der Waals surface area contributed by atoms with Crippen molar-refractivity contribution in [1.82, 2.24) is 25.3 Å². The number of nitrogens with two attached hydrogens (primary N) is 1. The van der Waals surface area contributed by atoms with E-state index in [4.69, 9.17) is 5.73 Å². The number of nitrogens with one attached hydrogen (secondary N) is 1. The van der Waals surface area contributed by atoms with E-state index in [0.717, 1.165) is 22.9 Å². The van der Waals surface area contributed by atoms with Gasteiger partial charge in [0.15, 0.2) is 5.69 Å². The second kappa shape index (κ2) is 10.0. The van der Waals surface area contributed by atoms with Crippen molar-refractivity contribution in [2.75, 3.05) is 6.54 Å². The number of hydrogen-bond acceptors (Lipinski definition) is 5. The lowest BCUT2D eigenvalue weighted by Gasteiger charge is -2.30.